The van der Waals surface area contributed by atoms with Crippen LogP contribution in [-0.4, -0.2) is 45.7 Å². The van der Waals surface area contributed by atoms with Gasteiger partial charge >= 0.3 is 0 Å². The number of hydrogen-bond donors (Lipinski definition) is 0. The van der Waals surface area contributed by atoms with E-state index in [1.807, 2.05) is 45.6 Å². The molecule has 0 N–H and O–H groups in total. The van der Waals surface area contributed by atoms with Crippen molar-refractivity contribution in [2.45, 2.75) is 46.3 Å². The molecule has 0 aromatic carbocycles. The second kappa shape index (κ2) is 5.05. The van der Waals surface area contributed by atoms with Crippen LogP contribution < -0.4 is 0 Å². The average molecular weight is 303 g/mol. The first-order chi connectivity index (χ1) is 10.3. The minimum Gasteiger partial charge on any atom is -0.369 e. The van der Waals surface area contributed by atoms with Crippen LogP contribution in [0.1, 0.15) is 42.5 Å². The van der Waals surface area contributed by atoms with Gasteiger partial charge in [0.2, 0.25) is 0 Å². The maximum Gasteiger partial charge on any atom is 0.258 e. The first-order valence-electron chi connectivity index (χ1n) is 7.47. The summed E-state index contributed by atoms with van der Waals surface area (Å²) in [4.78, 5) is 19.2. The molecule has 2 aromatic heterocycles. The molecule has 6 nitrogen and oxygen atoms in total. The standard InChI is InChI=1S/C16H21N3O3/c1-9-6-12(13-11(3)18-22-14(13)17-9)15(20)19-7-10(2)21-16(4,5)8-19/h6,10H,7-8H2,1-5H3. The molecule has 6 heteroatoms. The van der Waals surface area contributed by atoms with Crippen molar-refractivity contribution in [1.82, 2.24) is 15.0 Å². The van der Waals surface area contributed by atoms with Crippen LogP contribution in [0.5, 0.6) is 0 Å². The highest BCUT2D eigenvalue weighted by atomic mass is 16.5. The Labute approximate surface area is 129 Å². The minimum absolute atomic E-state index is 0.00898. The number of pyridine rings is 1. The van der Waals surface area contributed by atoms with Gasteiger partial charge in [-0.15, -0.1) is 0 Å². The number of carbonyl (C=O) groups is 1. The van der Waals surface area contributed by atoms with Gasteiger partial charge in [-0.3, -0.25) is 4.79 Å². The Morgan fingerprint density at radius 3 is 2.82 bits per heavy atom. The van der Waals surface area contributed by atoms with E-state index in [-0.39, 0.29) is 17.6 Å². The van der Waals surface area contributed by atoms with Crippen LogP contribution in [0.3, 0.4) is 0 Å². The van der Waals surface area contributed by atoms with E-state index in [0.717, 1.165) is 5.69 Å². The lowest BCUT2D eigenvalue weighted by atomic mass is 10.0. The van der Waals surface area contributed by atoms with Crippen LogP contribution >= 0.6 is 0 Å². The maximum absolute atomic E-state index is 13.0. The van der Waals surface area contributed by atoms with E-state index in [9.17, 15) is 4.79 Å². The number of aromatic nitrogens is 2. The highest BCUT2D eigenvalue weighted by molar-refractivity contribution is 6.06. The lowest BCUT2D eigenvalue weighted by Gasteiger charge is -2.41. The van der Waals surface area contributed by atoms with Gasteiger partial charge in [-0.25, -0.2) is 4.98 Å². The van der Waals surface area contributed by atoms with Crippen LogP contribution in [-0.2, 0) is 4.74 Å². The smallest absolute Gasteiger partial charge is 0.258 e. The van der Waals surface area contributed by atoms with Gasteiger partial charge in [0, 0.05) is 18.8 Å². The summed E-state index contributed by atoms with van der Waals surface area (Å²) in [6.45, 7) is 10.8. The monoisotopic (exact) mass is 303 g/mol. The molecule has 3 heterocycles. The van der Waals surface area contributed by atoms with Gasteiger partial charge in [-0.05, 0) is 40.7 Å². The number of carbonyl (C=O) groups excluding carboxylic acids is 1. The molecular formula is C16H21N3O3. The van der Waals surface area contributed by atoms with Crippen molar-refractivity contribution in [3.8, 4) is 0 Å². The van der Waals surface area contributed by atoms with E-state index in [1.54, 1.807) is 0 Å². The predicted molar refractivity (Wildman–Crippen MR) is 81.8 cm³/mol. The molecule has 1 unspecified atom stereocenters. The minimum atomic E-state index is -0.349. The Hall–Kier alpha value is -1.95. The fraction of sp³-hybridized carbons (Fsp3) is 0.562. The SMILES string of the molecule is Cc1cc(C(=O)N2CC(C)OC(C)(C)C2)c2c(C)noc2n1. The quantitative estimate of drug-likeness (QED) is 0.809. The number of rotatable bonds is 1. The number of aryl methyl sites for hydroxylation is 2. The Bertz CT molecular complexity index is 736. The van der Waals surface area contributed by atoms with Gasteiger partial charge in [0.15, 0.2) is 0 Å². The van der Waals surface area contributed by atoms with Crippen LogP contribution in [0.4, 0.5) is 0 Å². The Kier molecular flexibility index (Phi) is 3.44. The molecule has 0 saturated carbocycles. The highest BCUT2D eigenvalue weighted by Crippen LogP contribution is 2.26. The molecule has 0 radical (unpaired) electrons. The number of nitrogens with zero attached hydrogens (tertiary/aromatic N) is 3. The van der Waals surface area contributed by atoms with Gasteiger partial charge < -0.3 is 14.2 Å². The average Bonchev–Trinajstić information content (AvgIpc) is 2.76. The second-order valence-electron chi connectivity index (χ2n) is 6.63. The first-order valence-corrected chi connectivity index (χ1v) is 7.47. The van der Waals surface area contributed by atoms with Crippen LogP contribution in [0.25, 0.3) is 11.1 Å². The van der Waals surface area contributed by atoms with Crippen molar-refractivity contribution >= 4 is 17.0 Å². The molecule has 22 heavy (non-hydrogen) atoms. The van der Waals surface area contributed by atoms with E-state index < -0.39 is 0 Å². The topological polar surface area (TPSA) is 68.5 Å². The Balaban J connectivity index is 2.03. The zero-order valence-electron chi connectivity index (χ0n) is 13.6. The summed E-state index contributed by atoms with van der Waals surface area (Å²) in [6.07, 6.45) is 0.00898. The molecule has 0 bridgehead atoms. The maximum atomic E-state index is 13.0. The van der Waals surface area contributed by atoms with E-state index in [0.29, 0.717) is 35.4 Å². The van der Waals surface area contributed by atoms with Crippen molar-refractivity contribution in [3.05, 3.63) is 23.0 Å². The zero-order chi connectivity index (χ0) is 16.1. The zero-order valence-corrected chi connectivity index (χ0v) is 13.6. The molecule has 1 fully saturated rings. The van der Waals surface area contributed by atoms with Gasteiger partial charge in [0.25, 0.3) is 11.6 Å². The molecule has 1 saturated heterocycles. The van der Waals surface area contributed by atoms with E-state index in [1.165, 1.54) is 0 Å². The molecule has 118 valence electrons. The van der Waals surface area contributed by atoms with E-state index in [4.69, 9.17) is 9.26 Å². The van der Waals surface area contributed by atoms with Gasteiger partial charge in [-0.2, -0.15) is 0 Å². The molecule has 3 rings (SSSR count). The largest absolute Gasteiger partial charge is 0.369 e. The molecule has 1 atom stereocenters. The molecule has 1 amide bonds. The van der Waals surface area contributed by atoms with Crippen molar-refractivity contribution in [3.63, 3.8) is 0 Å². The molecule has 1 aliphatic rings. The lowest BCUT2D eigenvalue weighted by molar-refractivity contribution is -0.118. The van der Waals surface area contributed by atoms with Crippen LogP contribution in [0, 0.1) is 13.8 Å². The molecular weight excluding hydrogens is 282 g/mol. The summed E-state index contributed by atoms with van der Waals surface area (Å²) >= 11 is 0. The molecule has 1 aliphatic heterocycles. The van der Waals surface area contributed by atoms with Gasteiger partial charge in [0.1, 0.15) is 0 Å². The van der Waals surface area contributed by atoms with E-state index >= 15 is 0 Å². The summed E-state index contributed by atoms with van der Waals surface area (Å²) in [5, 5.41) is 4.64. The number of amides is 1. The van der Waals surface area contributed by atoms with Gasteiger partial charge in [-0.1, -0.05) is 5.16 Å². The summed E-state index contributed by atoms with van der Waals surface area (Å²) in [7, 11) is 0. The summed E-state index contributed by atoms with van der Waals surface area (Å²) in [6, 6.07) is 1.81. The third-order valence-corrected chi connectivity index (χ3v) is 3.83. The van der Waals surface area contributed by atoms with Crippen molar-refractivity contribution in [2.24, 2.45) is 0 Å². The van der Waals surface area contributed by atoms with Crippen molar-refractivity contribution in [1.29, 1.82) is 0 Å². The van der Waals surface area contributed by atoms with E-state index in [2.05, 4.69) is 10.1 Å². The van der Waals surface area contributed by atoms with Crippen molar-refractivity contribution < 1.29 is 14.1 Å². The molecule has 0 aliphatic carbocycles. The third kappa shape index (κ3) is 2.59. The first kappa shape index (κ1) is 15.0. The number of hydrogen-bond acceptors (Lipinski definition) is 5. The van der Waals surface area contributed by atoms with Crippen LogP contribution in [0.15, 0.2) is 10.6 Å². The summed E-state index contributed by atoms with van der Waals surface area (Å²) in [5.41, 5.74) is 2.10. The number of morpholine rings is 1. The fourth-order valence-corrected chi connectivity index (χ4v) is 3.17. The number of fused-ring (bicyclic) bond motifs is 1. The Morgan fingerprint density at radius 2 is 2.14 bits per heavy atom. The van der Waals surface area contributed by atoms with Crippen LogP contribution in [0.2, 0.25) is 0 Å². The molecule has 2 aromatic rings. The number of ether oxygens (including phenoxy) is 1. The van der Waals surface area contributed by atoms with Crippen molar-refractivity contribution in [2.75, 3.05) is 13.1 Å². The third-order valence-electron chi connectivity index (χ3n) is 3.83. The Morgan fingerprint density at radius 1 is 1.41 bits per heavy atom. The van der Waals surface area contributed by atoms with Gasteiger partial charge in [0.05, 0.1) is 28.3 Å². The predicted octanol–water partition coefficient (Wildman–Crippen LogP) is 2.48. The highest BCUT2D eigenvalue weighted by Gasteiger charge is 2.35. The summed E-state index contributed by atoms with van der Waals surface area (Å²) < 4.78 is 11.1. The fourth-order valence-electron chi connectivity index (χ4n) is 3.17. The summed E-state index contributed by atoms with van der Waals surface area (Å²) in [5.74, 6) is -0.0231. The lowest BCUT2D eigenvalue weighted by Crippen LogP contribution is -2.53. The normalized spacial score (nSPS) is 21.3. The molecule has 0 spiro atoms. The second-order valence-corrected chi connectivity index (χ2v) is 6.63.